The first kappa shape index (κ1) is 22.8. The topological polar surface area (TPSA) is 125 Å². The Hall–Kier alpha value is -2.85. The van der Waals surface area contributed by atoms with Gasteiger partial charge in [-0.05, 0) is 50.4 Å². The Balaban J connectivity index is 0.000000858. The molecule has 2 saturated heterocycles. The summed E-state index contributed by atoms with van der Waals surface area (Å²) in [4.78, 5) is 30.3. The first-order chi connectivity index (χ1) is 15.1. The molecule has 4 heterocycles. The van der Waals surface area contributed by atoms with Crippen LogP contribution in [0.25, 0.3) is 0 Å². The van der Waals surface area contributed by atoms with E-state index < -0.39 is 0 Å². The molecule has 1 amide bonds. The molecule has 1 atom stereocenters. The van der Waals surface area contributed by atoms with E-state index in [0.29, 0.717) is 5.82 Å². The number of nitrogens with zero attached hydrogens (tertiary/aromatic N) is 6. The molecular weight excluding hydrogens is 400 g/mol. The summed E-state index contributed by atoms with van der Waals surface area (Å²) in [6.45, 7) is 3.00. The number of likely N-dealkylation sites (tertiary alicyclic amines) is 2. The van der Waals surface area contributed by atoms with Crippen LogP contribution in [0.15, 0.2) is 24.5 Å². The highest BCUT2D eigenvalue weighted by Crippen LogP contribution is 2.31. The number of carbonyl (C=O) groups excluding carboxylic acids is 1. The largest absolute Gasteiger partial charge is 0.483 e. The maximum absolute atomic E-state index is 13.4. The van der Waals surface area contributed by atoms with Gasteiger partial charge in [0, 0.05) is 38.4 Å². The normalized spacial score (nSPS) is 18.3. The van der Waals surface area contributed by atoms with Crippen LogP contribution in [0.2, 0.25) is 0 Å². The fraction of sp³-hybridized carbons (Fsp3) is 0.571. The van der Waals surface area contributed by atoms with E-state index in [0.717, 1.165) is 63.3 Å². The lowest BCUT2D eigenvalue weighted by Gasteiger charge is -2.36. The third kappa shape index (κ3) is 5.26. The van der Waals surface area contributed by atoms with Crippen molar-refractivity contribution < 1.29 is 19.8 Å². The van der Waals surface area contributed by atoms with Crippen LogP contribution in [0, 0.1) is 0 Å². The molecule has 2 aromatic rings. The van der Waals surface area contributed by atoms with Gasteiger partial charge in [-0.15, -0.1) is 10.2 Å². The van der Waals surface area contributed by atoms with Crippen LogP contribution in [0.1, 0.15) is 54.9 Å². The Morgan fingerprint density at radius 3 is 2.45 bits per heavy atom. The first-order valence-corrected chi connectivity index (χ1v) is 10.6. The Labute approximate surface area is 181 Å². The van der Waals surface area contributed by atoms with E-state index in [1.165, 1.54) is 0 Å². The molecule has 1 unspecified atom stereocenters. The molecule has 0 aromatic carbocycles. The van der Waals surface area contributed by atoms with E-state index in [9.17, 15) is 9.90 Å². The highest BCUT2D eigenvalue weighted by Gasteiger charge is 2.35. The second-order valence-electron chi connectivity index (χ2n) is 7.83. The van der Waals surface area contributed by atoms with Gasteiger partial charge in [-0.25, -0.2) is 0 Å². The number of amides is 1. The SMILES string of the molecule is Cn1c(CO)nnc1C1CCN(C(=O)C(c2cccnc2)N2CCCC2)CC1.O=CO. The van der Waals surface area contributed by atoms with Crippen LogP contribution in [0.4, 0.5) is 0 Å². The average Bonchev–Trinajstić information content (AvgIpc) is 3.45. The molecule has 0 aliphatic carbocycles. The highest BCUT2D eigenvalue weighted by atomic mass is 16.3. The fourth-order valence-electron chi connectivity index (χ4n) is 4.45. The standard InChI is InChI=1S/C20H28N6O2.CH2O2/c1-24-17(14-27)22-23-19(24)15-6-11-26(12-7-15)20(28)18(25-9-2-3-10-25)16-5-4-8-21-13-16;2-1-3/h4-5,8,13,15,18,27H,2-3,6-7,9-12,14H2,1H3;1H,(H,2,3). The van der Waals surface area contributed by atoms with Crippen molar-refractivity contribution in [1.82, 2.24) is 29.5 Å². The number of carbonyl (C=O) groups is 2. The van der Waals surface area contributed by atoms with Crippen LogP contribution in [0.3, 0.4) is 0 Å². The van der Waals surface area contributed by atoms with Crippen molar-refractivity contribution in [2.45, 2.75) is 44.2 Å². The summed E-state index contributed by atoms with van der Waals surface area (Å²) in [5, 5.41) is 24.5. The maximum atomic E-state index is 13.4. The monoisotopic (exact) mass is 430 g/mol. The zero-order valence-corrected chi connectivity index (χ0v) is 17.8. The molecule has 0 spiro atoms. The van der Waals surface area contributed by atoms with E-state index in [-0.39, 0.29) is 30.9 Å². The van der Waals surface area contributed by atoms with E-state index in [4.69, 9.17) is 9.90 Å². The summed E-state index contributed by atoms with van der Waals surface area (Å²) in [5.74, 6) is 1.94. The van der Waals surface area contributed by atoms with E-state index in [1.807, 2.05) is 34.8 Å². The zero-order chi connectivity index (χ0) is 22.2. The molecule has 2 aliphatic rings. The maximum Gasteiger partial charge on any atom is 0.290 e. The van der Waals surface area contributed by atoms with Gasteiger partial charge in [-0.3, -0.25) is 19.5 Å². The van der Waals surface area contributed by atoms with Crippen molar-refractivity contribution >= 4 is 12.4 Å². The lowest BCUT2D eigenvalue weighted by Crippen LogP contribution is -2.45. The van der Waals surface area contributed by atoms with E-state index in [2.05, 4.69) is 20.1 Å². The Kier molecular flexibility index (Phi) is 8.07. The minimum Gasteiger partial charge on any atom is -0.483 e. The summed E-state index contributed by atoms with van der Waals surface area (Å²) in [7, 11) is 1.89. The van der Waals surface area contributed by atoms with Gasteiger partial charge in [-0.1, -0.05) is 6.07 Å². The molecule has 0 saturated carbocycles. The third-order valence-electron chi connectivity index (χ3n) is 6.05. The molecule has 2 N–H and O–H groups in total. The number of carboxylic acid groups (broad SMARTS) is 1. The van der Waals surface area contributed by atoms with Crippen molar-refractivity contribution in [1.29, 1.82) is 0 Å². The van der Waals surface area contributed by atoms with Crippen LogP contribution in [-0.2, 0) is 23.2 Å². The van der Waals surface area contributed by atoms with Crippen LogP contribution >= 0.6 is 0 Å². The molecule has 0 radical (unpaired) electrons. The average molecular weight is 431 g/mol. The summed E-state index contributed by atoms with van der Waals surface area (Å²) in [5.41, 5.74) is 0.984. The van der Waals surface area contributed by atoms with Gasteiger partial charge < -0.3 is 19.7 Å². The number of aliphatic hydroxyl groups excluding tert-OH is 1. The second kappa shape index (κ2) is 11.0. The molecule has 2 aliphatic heterocycles. The fourth-order valence-corrected chi connectivity index (χ4v) is 4.45. The van der Waals surface area contributed by atoms with Crippen LogP contribution < -0.4 is 0 Å². The van der Waals surface area contributed by atoms with Crippen molar-refractivity contribution in [3.63, 3.8) is 0 Å². The summed E-state index contributed by atoms with van der Waals surface area (Å²) in [6, 6.07) is 3.69. The molecule has 0 bridgehead atoms. The number of hydrogen-bond acceptors (Lipinski definition) is 7. The van der Waals surface area contributed by atoms with Gasteiger partial charge in [0.1, 0.15) is 18.5 Å². The molecular formula is C21H30N6O4. The van der Waals surface area contributed by atoms with Crippen molar-refractivity contribution in [3.8, 4) is 0 Å². The molecule has 10 nitrogen and oxygen atoms in total. The molecule has 4 rings (SSSR count). The molecule has 2 aromatic heterocycles. The highest BCUT2D eigenvalue weighted by molar-refractivity contribution is 5.83. The first-order valence-electron chi connectivity index (χ1n) is 10.6. The molecule has 10 heteroatoms. The minimum absolute atomic E-state index is 0.108. The molecule has 31 heavy (non-hydrogen) atoms. The zero-order valence-electron chi connectivity index (χ0n) is 17.8. The molecule has 168 valence electrons. The third-order valence-corrected chi connectivity index (χ3v) is 6.05. The van der Waals surface area contributed by atoms with Crippen LogP contribution in [0.5, 0.6) is 0 Å². The Morgan fingerprint density at radius 2 is 1.90 bits per heavy atom. The van der Waals surface area contributed by atoms with Gasteiger partial charge >= 0.3 is 0 Å². The summed E-state index contributed by atoms with van der Waals surface area (Å²) < 4.78 is 1.88. The minimum atomic E-state index is -0.250. The van der Waals surface area contributed by atoms with Gasteiger partial charge in [-0.2, -0.15) is 0 Å². The Bertz CT molecular complexity index is 845. The predicted octanol–water partition coefficient (Wildman–Crippen LogP) is 0.946. The summed E-state index contributed by atoms with van der Waals surface area (Å²) in [6.07, 6.45) is 7.59. The lowest BCUT2D eigenvalue weighted by molar-refractivity contribution is -0.138. The van der Waals surface area contributed by atoms with Gasteiger partial charge in [0.25, 0.3) is 6.47 Å². The lowest BCUT2D eigenvalue weighted by atomic mass is 9.94. The van der Waals surface area contributed by atoms with Gasteiger partial charge in [0.2, 0.25) is 5.91 Å². The van der Waals surface area contributed by atoms with Crippen LogP contribution in [-0.4, -0.2) is 78.3 Å². The smallest absolute Gasteiger partial charge is 0.290 e. The van der Waals surface area contributed by atoms with E-state index in [1.54, 1.807) is 6.20 Å². The number of piperidine rings is 1. The molecule has 2 fully saturated rings. The van der Waals surface area contributed by atoms with Crippen molar-refractivity contribution in [2.24, 2.45) is 7.05 Å². The second-order valence-corrected chi connectivity index (χ2v) is 7.83. The van der Waals surface area contributed by atoms with Crippen molar-refractivity contribution in [3.05, 3.63) is 41.7 Å². The Morgan fingerprint density at radius 1 is 1.23 bits per heavy atom. The number of hydrogen-bond donors (Lipinski definition) is 2. The van der Waals surface area contributed by atoms with E-state index >= 15 is 0 Å². The van der Waals surface area contributed by atoms with Gasteiger partial charge in [0.15, 0.2) is 5.82 Å². The quantitative estimate of drug-likeness (QED) is 0.672. The van der Waals surface area contributed by atoms with Gasteiger partial charge in [0.05, 0.1) is 0 Å². The number of rotatable bonds is 5. The number of aromatic nitrogens is 4. The predicted molar refractivity (Wildman–Crippen MR) is 112 cm³/mol. The van der Waals surface area contributed by atoms with Crippen molar-refractivity contribution in [2.75, 3.05) is 26.2 Å². The number of pyridine rings is 1. The number of aliphatic hydroxyl groups is 1. The summed E-state index contributed by atoms with van der Waals surface area (Å²) >= 11 is 0.